The highest BCUT2D eigenvalue weighted by Gasteiger charge is 2.33. The molecule has 0 aliphatic carbocycles. The third-order valence-electron chi connectivity index (χ3n) is 5.10. The van der Waals surface area contributed by atoms with Crippen LogP contribution in [0.15, 0.2) is 41.6 Å². The number of anilines is 1. The van der Waals surface area contributed by atoms with Crippen LogP contribution in [0.5, 0.6) is 0 Å². The fourth-order valence-electron chi connectivity index (χ4n) is 3.43. The maximum absolute atomic E-state index is 14.9. The van der Waals surface area contributed by atoms with E-state index in [1.807, 2.05) is 13.8 Å². The number of pyridine rings is 1. The van der Waals surface area contributed by atoms with Crippen molar-refractivity contribution in [1.29, 1.82) is 0 Å². The second-order valence-electron chi connectivity index (χ2n) is 7.26. The monoisotopic (exact) mass is 459 g/mol. The molecule has 2 heterocycles. The lowest BCUT2D eigenvalue weighted by atomic mass is 10.1. The maximum atomic E-state index is 14.9. The highest BCUT2D eigenvalue weighted by molar-refractivity contribution is 5.95. The summed E-state index contributed by atoms with van der Waals surface area (Å²) in [6, 6.07) is 8.00. The number of carbonyl (C=O) groups excluding carboxylic acids is 1. The quantitative estimate of drug-likeness (QED) is 0.270. The van der Waals surface area contributed by atoms with Crippen LogP contribution in [-0.2, 0) is 4.74 Å². The molecule has 0 spiro atoms. The van der Waals surface area contributed by atoms with Crippen molar-refractivity contribution in [2.75, 3.05) is 38.1 Å². The van der Waals surface area contributed by atoms with Gasteiger partial charge >= 0.3 is 6.09 Å². The molecule has 1 amide bonds. The molecule has 1 unspecified atom stereocenters. The SMILES string of the molecule is CC.CCN(CC)CC1CN(c2ccc(-c3ccc(/C(N)=N/N(C)N)nc3)c(F)c2)C(=O)O1. The fourth-order valence-corrected chi connectivity index (χ4v) is 3.43. The molecule has 1 aromatic heterocycles. The average Bonchev–Trinajstić information content (AvgIpc) is 3.18. The number of halogens is 1. The lowest BCUT2D eigenvalue weighted by molar-refractivity contribution is 0.112. The summed E-state index contributed by atoms with van der Waals surface area (Å²) in [4.78, 5) is 20.2. The molecule has 180 valence electrons. The normalized spacial score (nSPS) is 15.9. The molecule has 3 rings (SSSR count). The van der Waals surface area contributed by atoms with Crippen LogP contribution in [0, 0.1) is 5.82 Å². The second-order valence-corrected chi connectivity index (χ2v) is 7.26. The lowest BCUT2D eigenvalue weighted by Crippen LogP contribution is -2.34. The standard InChI is InChI=1S/C21H28FN7O2.C2H6/c1-4-28(5-2)12-16-13-29(21(30)31-16)15-7-8-17(18(22)10-15)14-6-9-19(25-11-14)20(23)26-27(3)24;1-2/h6-11,16H,4-5,12-13,24H2,1-3H3,(H2,23,26);1-2H3. The maximum Gasteiger partial charge on any atom is 0.414 e. The van der Waals surface area contributed by atoms with Crippen LogP contribution >= 0.6 is 0 Å². The summed E-state index contributed by atoms with van der Waals surface area (Å²) >= 11 is 0. The van der Waals surface area contributed by atoms with Crippen LogP contribution in [0.25, 0.3) is 11.1 Å². The Kier molecular flexibility index (Phi) is 9.56. The number of rotatable bonds is 8. The van der Waals surface area contributed by atoms with Crippen molar-refractivity contribution in [3.63, 3.8) is 0 Å². The number of cyclic esters (lactones) is 1. The summed E-state index contributed by atoms with van der Waals surface area (Å²) in [5.41, 5.74) is 7.64. The molecule has 1 aliphatic heterocycles. The molecule has 1 atom stereocenters. The second kappa shape index (κ2) is 12.1. The Morgan fingerprint density at radius 1 is 1.27 bits per heavy atom. The number of hydrogen-bond acceptors (Lipinski definition) is 7. The first-order valence-corrected chi connectivity index (χ1v) is 11.1. The van der Waals surface area contributed by atoms with Gasteiger partial charge in [0.2, 0.25) is 0 Å². The minimum atomic E-state index is -0.463. The van der Waals surface area contributed by atoms with Crippen molar-refractivity contribution < 1.29 is 13.9 Å². The number of benzene rings is 1. The Labute approximate surface area is 194 Å². The highest BCUT2D eigenvalue weighted by atomic mass is 19.1. The van der Waals surface area contributed by atoms with Gasteiger partial charge in [-0.2, -0.15) is 0 Å². The molecule has 9 nitrogen and oxygen atoms in total. The van der Waals surface area contributed by atoms with E-state index in [1.54, 1.807) is 31.3 Å². The number of hydrazine groups is 1. The van der Waals surface area contributed by atoms with Crippen molar-refractivity contribution in [2.45, 2.75) is 33.8 Å². The van der Waals surface area contributed by atoms with E-state index in [0.717, 1.165) is 18.2 Å². The van der Waals surface area contributed by atoms with E-state index in [0.29, 0.717) is 35.6 Å². The van der Waals surface area contributed by atoms with Crippen LogP contribution in [0.1, 0.15) is 33.4 Å². The third-order valence-corrected chi connectivity index (χ3v) is 5.10. The Morgan fingerprint density at radius 2 is 1.97 bits per heavy atom. The van der Waals surface area contributed by atoms with Crippen molar-refractivity contribution in [1.82, 2.24) is 15.0 Å². The summed E-state index contributed by atoms with van der Waals surface area (Å²) < 4.78 is 20.3. The Balaban J connectivity index is 0.00000187. The molecule has 0 bridgehead atoms. The van der Waals surface area contributed by atoms with Crippen LogP contribution < -0.4 is 16.5 Å². The van der Waals surface area contributed by atoms with E-state index < -0.39 is 11.9 Å². The molecule has 1 aromatic carbocycles. The van der Waals surface area contributed by atoms with E-state index in [1.165, 1.54) is 17.2 Å². The van der Waals surface area contributed by atoms with Gasteiger partial charge in [0, 0.05) is 30.9 Å². The van der Waals surface area contributed by atoms with Gasteiger partial charge in [0.05, 0.1) is 12.2 Å². The van der Waals surface area contributed by atoms with Gasteiger partial charge in [-0.15, -0.1) is 5.10 Å². The Hall–Kier alpha value is -3.24. The summed E-state index contributed by atoms with van der Waals surface area (Å²) in [5.74, 6) is 5.13. The number of carbonyl (C=O) groups is 1. The fraction of sp³-hybridized carbons (Fsp3) is 0.435. The summed E-state index contributed by atoms with van der Waals surface area (Å²) in [6.07, 6.45) is 0.804. The Morgan fingerprint density at radius 3 is 2.52 bits per heavy atom. The predicted octanol–water partition coefficient (Wildman–Crippen LogP) is 3.01. The van der Waals surface area contributed by atoms with Gasteiger partial charge in [-0.3, -0.25) is 9.88 Å². The van der Waals surface area contributed by atoms with E-state index in [4.69, 9.17) is 16.3 Å². The van der Waals surface area contributed by atoms with Crippen molar-refractivity contribution in [3.8, 4) is 11.1 Å². The van der Waals surface area contributed by atoms with Crippen LogP contribution in [0.2, 0.25) is 0 Å². The number of nitrogens with zero attached hydrogens (tertiary/aromatic N) is 5. The number of ether oxygens (including phenoxy) is 1. The number of amidine groups is 1. The van der Waals surface area contributed by atoms with E-state index in [9.17, 15) is 9.18 Å². The predicted molar refractivity (Wildman–Crippen MR) is 129 cm³/mol. The van der Waals surface area contributed by atoms with Crippen molar-refractivity contribution in [2.24, 2.45) is 16.7 Å². The molecular weight excluding hydrogens is 425 g/mol. The van der Waals surface area contributed by atoms with Gasteiger partial charge < -0.3 is 15.4 Å². The van der Waals surface area contributed by atoms with Gasteiger partial charge in [0.1, 0.15) is 17.6 Å². The minimum absolute atomic E-state index is 0.152. The van der Waals surface area contributed by atoms with E-state index >= 15 is 0 Å². The highest BCUT2D eigenvalue weighted by Crippen LogP contribution is 2.29. The molecule has 1 aliphatic rings. The lowest BCUT2D eigenvalue weighted by Gasteiger charge is -2.21. The molecule has 2 aromatic rings. The van der Waals surface area contributed by atoms with Gasteiger partial charge in [-0.05, 0) is 37.4 Å². The number of nitrogens with two attached hydrogens (primary N) is 2. The summed E-state index contributed by atoms with van der Waals surface area (Å²) in [5, 5.41) is 4.96. The third kappa shape index (κ3) is 6.62. The van der Waals surface area contributed by atoms with Crippen molar-refractivity contribution >= 4 is 17.6 Å². The van der Waals surface area contributed by atoms with Gasteiger partial charge in [0.15, 0.2) is 5.84 Å². The molecule has 0 radical (unpaired) electrons. The zero-order valence-corrected chi connectivity index (χ0v) is 20.0. The zero-order valence-electron chi connectivity index (χ0n) is 20.0. The number of hydrazone groups is 1. The first-order chi connectivity index (χ1) is 15.8. The van der Waals surface area contributed by atoms with Crippen LogP contribution in [-0.4, -0.2) is 66.3 Å². The molecule has 4 N–H and O–H groups in total. The van der Waals surface area contributed by atoms with E-state index in [-0.39, 0.29) is 11.9 Å². The topological polar surface area (TPSA) is 113 Å². The zero-order chi connectivity index (χ0) is 24.5. The van der Waals surface area contributed by atoms with Crippen LogP contribution in [0.3, 0.4) is 0 Å². The first kappa shape index (κ1) is 26.0. The molecule has 1 saturated heterocycles. The Bertz CT molecular complexity index is 946. The molecule has 1 fully saturated rings. The largest absolute Gasteiger partial charge is 0.443 e. The number of aromatic nitrogens is 1. The number of hydrogen-bond donors (Lipinski definition) is 2. The first-order valence-electron chi connectivity index (χ1n) is 11.1. The summed E-state index contributed by atoms with van der Waals surface area (Å²) in [7, 11) is 1.54. The van der Waals surface area contributed by atoms with Gasteiger partial charge in [-0.25, -0.2) is 20.1 Å². The number of likely N-dealkylation sites (N-methyl/N-ethyl adjacent to an activating group) is 1. The van der Waals surface area contributed by atoms with Crippen molar-refractivity contribution in [3.05, 3.63) is 48.0 Å². The van der Waals surface area contributed by atoms with E-state index in [2.05, 4.69) is 28.8 Å². The minimum Gasteiger partial charge on any atom is -0.443 e. The van der Waals surface area contributed by atoms with Crippen LogP contribution in [0.4, 0.5) is 14.9 Å². The van der Waals surface area contributed by atoms with Gasteiger partial charge in [-0.1, -0.05) is 33.8 Å². The molecule has 10 heteroatoms. The van der Waals surface area contributed by atoms with Gasteiger partial charge in [0.25, 0.3) is 0 Å². The smallest absolute Gasteiger partial charge is 0.414 e. The molecule has 0 saturated carbocycles. The number of amides is 1. The molecular formula is C23H34FN7O2. The molecule has 33 heavy (non-hydrogen) atoms. The average molecular weight is 460 g/mol. The summed E-state index contributed by atoms with van der Waals surface area (Å²) in [6.45, 7) is 10.9.